The summed E-state index contributed by atoms with van der Waals surface area (Å²) in [6.45, 7) is -0.596. The fourth-order valence-corrected chi connectivity index (χ4v) is 0.846. The van der Waals surface area contributed by atoms with Gasteiger partial charge in [0, 0.05) is 0 Å². The number of rotatable bonds is 3. The molecule has 0 aliphatic heterocycles. The number of hydrogen-bond acceptors (Lipinski definition) is 4. The van der Waals surface area contributed by atoms with Crippen LogP contribution in [-0.2, 0) is 0 Å². The zero-order chi connectivity index (χ0) is 13.3. The highest BCUT2D eigenvalue weighted by atomic mass is 19.4. The second kappa shape index (κ2) is 4.30. The minimum absolute atomic E-state index is 0.0182. The van der Waals surface area contributed by atoms with E-state index in [1.807, 2.05) is 0 Å². The predicted octanol–water partition coefficient (Wildman–Crippen LogP) is 2.07. The SMILES string of the molecule is Cc1nc(O)cc(OCC(F)(F)C(F)(F)F)n1. The molecule has 4 nitrogen and oxygen atoms in total. The first-order valence-electron chi connectivity index (χ1n) is 4.24. The van der Waals surface area contributed by atoms with Gasteiger partial charge in [-0.3, -0.25) is 0 Å². The molecular formula is C8H7F5N2O2. The van der Waals surface area contributed by atoms with Crippen LogP contribution in [0.15, 0.2) is 6.07 Å². The molecule has 1 heterocycles. The van der Waals surface area contributed by atoms with E-state index in [2.05, 4.69) is 14.7 Å². The molecule has 0 unspecified atom stereocenters. The molecule has 9 heteroatoms. The third kappa shape index (κ3) is 3.40. The minimum atomic E-state index is -5.70. The van der Waals surface area contributed by atoms with Gasteiger partial charge >= 0.3 is 12.1 Å². The van der Waals surface area contributed by atoms with Crippen molar-refractivity contribution in [3.8, 4) is 11.8 Å². The van der Waals surface area contributed by atoms with Crippen LogP contribution in [0.4, 0.5) is 22.0 Å². The van der Waals surface area contributed by atoms with Crippen molar-refractivity contribution in [2.75, 3.05) is 6.61 Å². The van der Waals surface area contributed by atoms with Crippen molar-refractivity contribution in [1.82, 2.24) is 9.97 Å². The van der Waals surface area contributed by atoms with E-state index in [-0.39, 0.29) is 5.82 Å². The van der Waals surface area contributed by atoms with Gasteiger partial charge in [-0.1, -0.05) is 0 Å². The van der Waals surface area contributed by atoms with Crippen LogP contribution in [0.1, 0.15) is 5.82 Å². The lowest BCUT2D eigenvalue weighted by Crippen LogP contribution is -2.41. The summed E-state index contributed by atoms with van der Waals surface area (Å²) in [7, 11) is 0. The fraction of sp³-hybridized carbons (Fsp3) is 0.500. The van der Waals surface area contributed by atoms with Crippen LogP contribution in [0, 0.1) is 6.92 Å². The van der Waals surface area contributed by atoms with Gasteiger partial charge in [0.05, 0.1) is 6.07 Å². The highest BCUT2D eigenvalue weighted by molar-refractivity contribution is 5.19. The van der Waals surface area contributed by atoms with E-state index in [0.29, 0.717) is 0 Å². The lowest BCUT2D eigenvalue weighted by molar-refractivity contribution is -0.290. The Morgan fingerprint density at radius 3 is 2.29 bits per heavy atom. The molecule has 0 radical (unpaired) electrons. The van der Waals surface area contributed by atoms with Gasteiger partial charge in [-0.2, -0.15) is 31.9 Å². The molecule has 0 spiro atoms. The maximum absolute atomic E-state index is 12.5. The molecule has 0 fully saturated rings. The van der Waals surface area contributed by atoms with Gasteiger partial charge < -0.3 is 9.84 Å². The van der Waals surface area contributed by atoms with Crippen LogP contribution in [-0.4, -0.2) is 33.8 Å². The molecule has 0 bridgehead atoms. The third-order valence-corrected chi connectivity index (χ3v) is 1.62. The molecule has 0 aliphatic carbocycles. The van der Waals surface area contributed by atoms with Crippen molar-refractivity contribution in [3.05, 3.63) is 11.9 Å². The summed E-state index contributed by atoms with van der Waals surface area (Å²) in [4.78, 5) is 6.81. The largest absolute Gasteiger partial charge is 0.493 e. The average Bonchev–Trinajstić information content (AvgIpc) is 2.11. The monoisotopic (exact) mass is 258 g/mol. The summed E-state index contributed by atoms with van der Waals surface area (Å²) in [6, 6.07) is 0.736. The van der Waals surface area contributed by atoms with Crippen molar-refractivity contribution in [2.45, 2.75) is 19.0 Å². The Balaban J connectivity index is 2.74. The maximum Gasteiger partial charge on any atom is 0.456 e. The summed E-state index contributed by atoms with van der Waals surface area (Å²) >= 11 is 0. The molecule has 0 atom stereocenters. The molecule has 0 saturated carbocycles. The number of aromatic hydroxyl groups is 1. The summed E-state index contributed by atoms with van der Waals surface area (Å²) in [6.07, 6.45) is -5.70. The molecular weight excluding hydrogens is 251 g/mol. The van der Waals surface area contributed by atoms with Gasteiger partial charge in [0.25, 0.3) is 0 Å². The topological polar surface area (TPSA) is 55.2 Å². The van der Waals surface area contributed by atoms with Gasteiger partial charge in [0.15, 0.2) is 6.61 Å². The lowest BCUT2D eigenvalue weighted by Gasteiger charge is -2.19. The van der Waals surface area contributed by atoms with E-state index < -0.39 is 30.5 Å². The van der Waals surface area contributed by atoms with Gasteiger partial charge in [0.2, 0.25) is 11.8 Å². The van der Waals surface area contributed by atoms with E-state index in [9.17, 15) is 22.0 Å². The molecule has 1 N–H and O–H groups in total. The van der Waals surface area contributed by atoms with E-state index in [1.165, 1.54) is 6.92 Å². The standard InChI is InChI=1S/C8H7F5N2O2/c1-4-14-5(16)2-6(15-4)17-3-7(9,10)8(11,12)13/h2H,3H2,1H3,(H,14,15,16). The Morgan fingerprint density at radius 2 is 1.82 bits per heavy atom. The van der Waals surface area contributed by atoms with Crippen molar-refractivity contribution in [1.29, 1.82) is 0 Å². The zero-order valence-electron chi connectivity index (χ0n) is 8.42. The van der Waals surface area contributed by atoms with E-state index in [4.69, 9.17) is 5.11 Å². The molecule has 1 aromatic rings. The number of alkyl halides is 5. The summed E-state index contributed by atoms with van der Waals surface area (Å²) in [5, 5.41) is 8.94. The second-order valence-corrected chi connectivity index (χ2v) is 3.10. The molecule has 1 aromatic heterocycles. The number of hydrogen-bond donors (Lipinski definition) is 1. The Kier molecular flexibility index (Phi) is 3.39. The summed E-state index contributed by atoms with van der Waals surface area (Å²) in [5.74, 6) is -6.14. The van der Waals surface area contributed by atoms with Crippen LogP contribution in [0.5, 0.6) is 11.8 Å². The highest BCUT2D eigenvalue weighted by Gasteiger charge is 2.58. The number of nitrogens with zero attached hydrogens (tertiary/aromatic N) is 2. The van der Waals surface area contributed by atoms with Crippen molar-refractivity contribution >= 4 is 0 Å². The van der Waals surface area contributed by atoms with Crippen LogP contribution >= 0.6 is 0 Å². The van der Waals surface area contributed by atoms with Crippen molar-refractivity contribution in [2.24, 2.45) is 0 Å². The molecule has 17 heavy (non-hydrogen) atoms. The van der Waals surface area contributed by atoms with Gasteiger partial charge in [0.1, 0.15) is 5.82 Å². The molecule has 0 amide bonds. The van der Waals surface area contributed by atoms with Crippen molar-refractivity contribution < 1.29 is 31.8 Å². The van der Waals surface area contributed by atoms with E-state index >= 15 is 0 Å². The van der Waals surface area contributed by atoms with Gasteiger partial charge in [-0.15, -0.1) is 0 Å². The molecule has 0 saturated heterocycles. The molecule has 1 rings (SSSR count). The zero-order valence-corrected chi connectivity index (χ0v) is 8.42. The first-order valence-corrected chi connectivity index (χ1v) is 4.24. The maximum atomic E-state index is 12.5. The highest BCUT2D eigenvalue weighted by Crippen LogP contribution is 2.35. The van der Waals surface area contributed by atoms with Gasteiger partial charge in [-0.25, -0.2) is 0 Å². The predicted molar refractivity (Wildman–Crippen MR) is 44.9 cm³/mol. The number of ether oxygens (including phenoxy) is 1. The smallest absolute Gasteiger partial charge is 0.456 e. The van der Waals surface area contributed by atoms with Gasteiger partial charge in [-0.05, 0) is 6.92 Å². The number of aryl methyl sites for hydroxylation is 1. The number of aromatic nitrogens is 2. The van der Waals surface area contributed by atoms with Crippen LogP contribution in [0.25, 0.3) is 0 Å². The Morgan fingerprint density at radius 1 is 1.24 bits per heavy atom. The molecule has 96 valence electrons. The molecule has 0 aromatic carbocycles. The first kappa shape index (κ1) is 13.4. The van der Waals surface area contributed by atoms with E-state index in [0.717, 1.165) is 6.07 Å². The molecule has 0 aliphatic rings. The normalized spacial score (nSPS) is 12.6. The van der Waals surface area contributed by atoms with Crippen molar-refractivity contribution in [3.63, 3.8) is 0 Å². The van der Waals surface area contributed by atoms with Crippen LogP contribution in [0.2, 0.25) is 0 Å². The summed E-state index contributed by atoms with van der Waals surface area (Å²) in [5.41, 5.74) is 0. The first-order chi connectivity index (χ1) is 7.62. The summed E-state index contributed by atoms with van der Waals surface area (Å²) < 4.78 is 64.4. The lowest BCUT2D eigenvalue weighted by atomic mass is 10.3. The van der Waals surface area contributed by atoms with Crippen LogP contribution < -0.4 is 4.74 Å². The fourth-order valence-electron chi connectivity index (χ4n) is 0.846. The third-order valence-electron chi connectivity index (χ3n) is 1.62. The van der Waals surface area contributed by atoms with E-state index in [1.54, 1.807) is 0 Å². The van der Waals surface area contributed by atoms with Crippen LogP contribution in [0.3, 0.4) is 0 Å². The quantitative estimate of drug-likeness (QED) is 0.843. The Hall–Kier alpha value is -1.67. The average molecular weight is 258 g/mol. The second-order valence-electron chi connectivity index (χ2n) is 3.10. The Bertz CT molecular complexity index is 387. The minimum Gasteiger partial charge on any atom is -0.493 e. The Labute approximate surface area is 92.1 Å². The number of halogens is 5.